The second-order valence-electron chi connectivity index (χ2n) is 4.05. The number of carbonyl (C=O) groups excluding carboxylic acids is 2. The highest BCUT2D eigenvalue weighted by Crippen LogP contribution is 2.16. The molecule has 104 valence electrons. The fourth-order valence-corrected chi connectivity index (χ4v) is 2.43. The first-order valence-electron chi connectivity index (χ1n) is 6.01. The number of morpholine rings is 1. The summed E-state index contributed by atoms with van der Waals surface area (Å²) >= 11 is 1.20. The second-order valence-corrected chi connectivity index (χ2v) is 4.94. The highest BCUT2D eigenvalue weighted by molar-refractivity contribution is 7.13. The molecular weight excluding hydrogens is 268 g/mol. The van der Waals surface area contributed by atoms with Gasteiger partial charge in [0.2, 0.25) is 5.91 Å². The zero-order chi connectivity index (χ0) is 13.8. The Hall–Kier alpha value is -1.67. The van der Waals surface area contributed by atoms with E-state index in [1.165, 1.54) is 16.2 Å². The highest BCUT2D eigenvalue weighted by Gasteiger charge is 2.33. The Labute approximate surface area is 114 Å². The van der Waals surface area contributed by atoms with Gasteiger partial charge in [0.15, 0.2) is 5.13 Å². The second kappa shape index (κ2) is 5.98. The number of nitrogen functional groups attached to an aromatic ring is 1. The molecule has 19 heavy (non-hydrogen) atoms. The molecule has 0 radical (unpaired) electrons. The van der Waals surface area contributed by atoms with E-state index in [2.05, 4.69) is 10.3 Å². The number of amides is 2. The maximum absolute atomic E-state index is 12.3. The number of nitrogens with zero attached hydrogens (tertiary/aromatic N) is 2. The van der Waals surface area contributed by atoms with Crippen molar-refractivity contribution in [3.05, 3.63) is 11.1 Å². The molecule has 0 saturated carbocycles. The van der Waals surface area contributed by atoms with Crippen molar-refractivity contribution >= 4 is 28.3 Å². The van der Waals surface area contributed by atoms with E-state index in [-0.39, 0.29) is 24.1 Å². The number of anilines is 1. The molecule has 1 aromatic rings. The summed E-state index contributed by atoms with van der Waals surface area (Å²) in [7, 11) is 0. The number of aromatic nitrogens is 1. The largest absolute Gasteiger partial charge is 0.377 e. The van der Waals surface area contributed by atoms with Gasteiger partial charge >= 0.3 is 0 Å². The summed E-state index contributed by atoms with van der Waals surface area (Å²) < 4.78 is 5.27. The molecule has 1 aliphatic heterocycles. The van der Waals surface area contributed by atoms with Gasteiger partial charge in [-0.3, -0.25) is 9.59 Å². The van der Waals surface area contributed by atoms with E-state index < -0.39 is 6.04 Å². The van der Waals surface area contributed by atoms with Gasteiger partial charge < -0.3 is 20.7 Å². The molecule has 0 aromatic carbocycles. The molecule has 2 heterocycles. The molecule has 3 N–H and O–H groups in total. The van der Waals surface area contributed by atoms with Crippen molar-refractivity contribution in [2.75, 3.05) is 32.0 Å². The molecular formula is C11H16N4O3S. The molecule has 2 amide bonds. The van der Waals surface area contributed by atoms with Crippen LogP contribution in [-0.4, -0.2) is 54.0 Å². The minimum atomic E-state index is -0.607. The summed E-state index contributed by atoms with van der Waals surface area (Å²) in [6, 6.07) is -0.607. The van der Waals surface area contributed by atoms with Crippen molar-refractivity contribution in [1.29, 1.82) is 0 Å². The van der Waals surface area contributed by atoms with Gasteiger partial charge in [-0.15, -0.1) is 11.3 Å². The standard InChI is InChI=1S/C11H16N4O3S/c1-2-13-9(16)8-5-18-4-3-15(8)10(17)7-6-19-11(12)14-7/h6,8H,2-5H2,1H3,(H2,12,14)(H,13,16). The Kier molecular flexibility index (Phi) is 4.33. The number of rotatable bonds is 3. The van der Waals surface area contributed by atoms with Crippen LogP contribution in [0.4, 0.5) is 5.13 Å². The number of carbonyl (C=O) groups is 2. The number of nitrogens with two attached hydrogens (primary N) is 1. The quantitative estimate of drug-likeness (QED) is 0.794. The molecule has 8 heteroatoms. The van der Waals surface area contributed by atoms with Crippen LogP contribution >= 0.6 is 11.3 Å². The predicted octanol–water partition coefficient (Wildman–Crippen LogP) is -0.298. The molecule has 0 aliphatic carbocycles. The van der Waals surface area contributed by atoms with E-state index in [0.29, 0.717) is 24.8 Å². The normalized spacial score (nSPS) is 19.2. The third-order valence-corrected chi connectivity index (χ3v) is 3.46. The summed E-state index contributed by atoms with van der Waals surface area (Å²) in [5, 5.41) is 4.64. The predicted molar refractivity (Wildman–Crippen MR) is 70.9 cm³/mol. The van der Waals surface area contributed by atoms with Crippen LogP contribution in [0.5, 0.6) is 0 Å². The molecule has 0 bridgehead atoms. The average molecular weight is 284 g/mol. The first-order valence-corrected chi connectivity index (χ1v) is 6.89. The summed E-state index contributed by atoms with van der Waals surface area (Å²) in [6.07, 6.45) is 0. The fourth-order valence-electron chi connectivity index (χ4n) is 1.89. The first-order chi connectivity index (χ1) is 9.13. The SMILES string of the molecule is CCNC(=O)C1COCCN1C(=O)c1csc(N)n1. The third-order valence-electron chi connectivity index (χ3n) is 2.78. The van der Waals surface area contributed by atoms with Gasteiger partial charge in [0, 0.05) is 18.5 Å². The molecule has 7 nitrogen and oxygen atoms in total. The van der Waals surface area contributed by atoms with Crippen molar-refractivity contribution in [2.24, 2.45) is 0 Å². The maximum atomic E-state index is 12.3. The lowest BCUT2D eigenvalue weighted by Gasteiger charge is -2.34. The molecule has 0 spiro atoms. The van der Waals surface area contributed by atoms with E-state index in [0.717, 1.165) is 0 Å². The van der Waals surface area contributed by atoms with E-state index in [1.807, 2.05) is 6.92 Å². The molecule has 2 rings (SSSR count). The lowest BCUT2D eigenvalue weighted by atomic mass is 10.2. The van der Waals surface area contributed by atoms with E-state index >= 15 is 0 Å². The molecule has 1 unspecified atom stereocenters. The molecule has 1 aliphatic rings. The lowest BCUT2D eigenvalue weighted by molar-refractivity contribution is -0.130. The van der Waals surface area contributed by atoms with E-state index in [1.54, 1.807) is 5.38 Å². The average Bonchev–Trinajstić information content (AvgIpc) is 2.85. The van der Waals surface area contributed by atoms with Gasteiger partial charge in [-0.25, -0.2) is 4.98 Å². The highest BCUT2D eigenvalue weighted by atomic mass is 32.1. The van der Waals surface area contributed by atoms with Gasteiger partial charge in [0.1, 0.15) is 11.7 Å². The number of ether oxygens (including phenoxy) is 1. The Morgan fingerprint density at radius 3 is 3.11 bits per heavy atom. The zero-order valence-electron chi connectivity index (χ0n) is 10.6. The van der Waals surface area contributed by atoms with Gasteiger partial charge in [0.05, 0.1) is 13.2 Å². The van der Waals surface area contributed by atoms with Crippen molar-refractivity contribution in [2.45, 2.75) is 13.0 Å². The number of hydrogen-bond acceptors (Lipinski definition) is 6. The third kappa shape index (κ3) is 3.02. The number of likely N-dealkylation sites (N-methyl/N-ethyl adjacent to an activating group) is 1. The smallest absolute Gasteiger partial charge is 0.274 e. The summed E-state index contributed by atoms with van der Waals surface area (Å²) in [6.45, 7) is 3.34. The number of nitrogens with one attached hydrogen (secondary N) is 1. The molecule has 1 fully saturated rings. The van der Waals surface area contributed by atoms with Crippen molar-refractivity contribution in [3.8, 4) is 0 Å². The Balaban J connectivity index is 2.15. The Bertz CT molecular complexity index is 476. The van der Waals surface area contributed by atoms with Crippen LogP contribution in [0.3, 0.4) is 0 Å². The minimum Gasteiger partial charge on any atom is -0.377 e. The summed E-state index contributed by atoms with van der Waals surface area (Å²) in [5.41, 5.74) is 5.80. The van der Waals surface area contributed by atoms with Crippen LogP contribution in [0.15, 0.2) is 5.38 Å². The Morgan fingerprint density at radius 1 is 1.68 bits per heavy atom. The molecule has 1 aromatic heterocycles. The lowest BCUT2D eigenvalue weighted by Crippen LogP contribution is -2.55. The topological polar surface area (TPSA) is 97.5 Å². The summed E-state index contributed by atoms with van der Waals surface area (Å²) in [4.78, 5) is 29.7. The fraction of sp³-hybridized carbons (Fsp3) is 0.545. The van der Waals surface area contributed by atoms with E-state index in [9.17, 15) is 9.59 Å². The Morgan fingerprint density at radius 2 is 2.47 bits per heavy atom. The van der Waals surface area contributed by atoms with Gasteiger partial charge in [0.25, 0.3) is 5.91 Å². The maximum Gasteiger partial charge on any atom is 0.274 e. The first kappa shape index (κ1) is 13.8. The minimum absolute atomic E-state index is 0.206. The monoisotopic (exact) mass is 284 g/mol. The molecule has 1 atom stereocenters. The van der Waals surface area contributed by atoms with Crippen LogP contribution < -0.4 is 11.1 Å². The van der Waals surface area contributed by atoms with Gasteiger partial charge in [-0.2, -0.15) is 0 Å². The number of thiazole rings is 1. The van der Waals surface area contributed by atoms with Crippen LogP contribution in [0.2, 0.25) is 0 Å². The van der Waals surface area contributed by atoms with Crippen LogP contribution in [0.25, 0.3) is 0 Å². The van der Waals surface area contributed by atoms with Crippen molar-refractivity contribution < 1.29 is 14.3 Å². The van der Waals surface area contributed by atoms with Crippen molar-refractivity contribution in [3.63, 3.8) is 0 Å². The zero-order valence-corrected chi connectivity index (χ0v) is 11.4. The van der Waals surface area contributed by atoms with Crippen LogP contribution in [0, 0.1) is 0 Å². The van der Waals surface area contributed by atoms with Gasteiger partial charge in [-0.05, 0) is 6.92 Å². The number of hydrogen-bond donors (Lipinski definition) is 2. The van der Waals surface area contributed by atoms with Crippen LogP contribution in [0.1, 0.15) is 17.4 Å². The van der Waals surface area contributed by atoms with E-state index in [4.69, 9.17) is 10.5 Å². The summed E-state index contributed by atoms with van der Waals surface area (Å²) in [5.74, 6) is -0.494. The van der Waals surface area contributed by atoms with Gasteiger partial charge in [-0.1, -0.05) is 0 Å². The molecule has 1 saturated heterocycles. The van der Waals surface area contributed by atoms with Crippen LogP contribution in [-0.2, 0) is 9.53 Å². The van der Waals surface area contributed by atoms with Crippen molar-refractivity contribution in [1.82, 2.24) is 15.2 Å².